The molecular formula is C61H122NO8P. The lowest BCUT2D eigenvalue weighted by atomic mass is 10.0. The molecule has 71 heavy (non-hydrogen) atoms. The summed E-state index contributed by atoms with van der Waals surface area (Å²) < 4.78 is 33.0. The number of hydrogen-bond acceptors (Lipinski definition) is 8. The molecule has 424 valence electrons. The second kappa shape index (κ2) is 58.3. The van der Waals surface area contributed by atoms with E-state index in [-0.39, 0.29) is 38.6 Å². The molecule has 9 nitrogen and oxygen atoms in total. The number of ether oxygens (including phenoxy) is 2. The zero-order valence-corrected chi connectivity index (χ0v) is 48.4. The maximum Gasteiger partial charge on any atom is 0.472 e. The van der Waals surface area contributed by atoms with Gasteiger partial charge in [-0.05, 0) is 12.8 Å². The van der Waals surface area contributed by atoms with Gasteiger partial charge in [0, 0.05) is 19.4 Å². The molecule has 0 aliphatic carbocycles. The van der Waals surface area contributed by atoms with E-state index in [1.807, 2.05) is 0 Å². The Morgan fingerprint density at radius 3 is 0.859 bits per heavy atom. The van der Waals surface area contributed by atoms with Crippen LogP contribution in [0.3, 0.4) is 0 Å². The predicted molar refractivity (Wildman–Crippen MR) is 303 cm³/mol. The zero-order valence-electron chi connectivity index (χ0n) is 47.5. The summed E-state index contributed by atoms with van der Waals surface area (Å²) in [5.41, 5.74) is 5.38. The number of rotatable bonds is 61. The van der Waals surface area contributed by atoms with Crippen molar-refractivity contribution in [2.45, 2.75) is 354 Å². The number of esters is 2. The molecule has 0 fully saturated rings. The summed E-state index contributed by atoms with van der Waals surface area (Å²) in [6.07, 6.45) is 66.4. The standard InChI is InChI=1S/C61H122NO8P/c1-3-5-7-9-11-13-15-17-18-19-20-21-22-23-24-25-26-27-28-29-30-31-32-33-34-35-36-37-38-39-40-41-42-44-46-48-50-52-54-61(64)70-59(58-69-71(65,66)68-56-55-62)57-67-60(63)53-51-49-47-45-43-16-14-12-10-8-6-4-2/h59H,3-58,62H2,1-2H3,(H,65,66). The Labute approximate surface area is 441 Å². The van der Waals surface area contributed by atoms with E-state index in [9.17, 15) is 19.0 Å². The van der Waals surface area contributed by atoms with E-state index in [1.54, 1.807) is 0 Å². The van der Waals surface area contributed by atoms with Crippen LogP contribution in [0.4, 0.5) is 0 Å². The quantitative estimate of drug-likeness (QED) is 0.0347. The summed E-state index contributed by atoms with van der Waals surface area (Å²) >= 11 is 0. The van der Waals surface area contributed by atoms with Crippen molar-refractivity contribution in [1.29, 1.82) is 0 Å². The third-order valence-electron chi connectivity index (χ3n) is 14.5. The van der Waals surface area contributed by atoms with Gasteiger partial charge in [-0.25, -0.2) is 4.57 Å². The SMILES string of the molecule is CCCCCCCCCCCCCCCCCCCCCCCCCCCCCCCCCCCCCCCCC(=O)OC(COC(=O)CCCCCCCCCCCCCC)COP(=O)(O)OCCN. The van der Waals surface area contributed by atoms with Crippen molar-refractivity contribution < 1.29 is 37.6 Å². The maximum atomic E-state index is 12.7. The van der Waals surface area contributed by atoms with Crippen LogP contribution < -0.4 is 5.73 Å². The van der Waals surface area contributed by atoms with E-state index < -0.39 is 26.5 Å². The van der Waals surface area contributed by atoms with Gasteiger partial charge in [0.1, 0.15) is 6.61 Å². The first-order chi connectivity index (χ1) is 34.8. The van der Waals surface area contributed by atoms with Crippen LogP contribution in [-0.2, 0) is 32.7 Å². The lowest BCUT2D eigenvalue weighted by molar-refractivity contribution is -0.161. The van der Waals surface area contributed by atoms with Crippen molar-refractivity contribution in [2.24, 2.45) is 5.73 Å². The summed E-state index contributed by atoms with van der Waals surface area (Å²) in [5.74, 6) is -0.806. The van der Waals surface area contributed by atoms with Gasteiger partial charge in [0.15, 0.2) is 6.10 Å². The molecule has 0 aromatic heterocycles. The van der Waals surface area contributed by atoms with Crippen LogP contribution in [0, 0.1) is 0 Å². The van der Waals surface area contributed by atoms with Crippen molar-refractivity contribution in [1.82, 2.24) is 0 Å². The molecule has 2 atom stereocenters. The molecular weight excluding hydrogens is 906 g/mol. The smallest absolute Gasteiger partial charge is 0.462 e. The van der Waals surface area contributed by atoms with E-state index in [0.717, 1.165) is 32.1 Å². The molecule has 0 aliphatic rings. The first-order valence-electron chi connectivity index (χ1n) is 31.5. The Bertz CT molecular complexity index is 1130. The molecule has 0 rings (SSSR count). The second-order valence-corrected chi connectivity index (χ2v) is 23.1. The number of nitrogens with two attached hydrogens (primary N) is 1. The minimum absolute atomic E-state index is 0.0584. The van der Waals surface area contributed by atoms with E-state index in [0.29, 0.717) is 6.42 Å². The molecule has 0 saturated carbocycles. The Morgan fingerprint density at radius 1 is 0.366 bits per heavy atom. The summed E-state index contributed by atoms with van der Waals surface area (Å²) in [7, 11) is -4.38. The highest BCUT2D eigenvalue weighted by molar-refractivity contribution is 7.47. The van der Waals surface area contributed by atoms with Gasteiger partial charge < -0.3 is 20.1 Å². The van der Waals surface area contributed by atoms with E-state index in [2.05, 4.69) is 13.8 Å². The molecule has 0 bridgehead atoms. The number of carbonyl (C=O) groups is 2. The molecule has 0 spiro atoms. The van der Waals surface area contributed by atoms with Crippen molar-refractivity contribution in [3.63, 3.8) is 0 Å². The number of phosphoric ester groups is 1. The van der Waals surface area contributed by atoms with Crippen LogP contribution in [0.1, 0.15) is 348 Å². The van der Waals surface area contributed by atoms with Gasteiger partial charge in [-0.15, -0.1) is 0 Å². The minimum Gasteiger partial charge on any atom is -0.462 e. The van der Waals surface area contributed by atoms with Crippen LogP contribution in [-0.4, -0.2) is 49.3 Å². The van der Waals surface area contributed by atoms with Crippen molar-refractivity contribution in [3.05, 3.63) is 0 Å². The van der Waals surface area contributed by atoms with Gasteiger partial charge in [-0.2, -0.15) is 0 Å². The molecule has 3 N–H and O–H groups in total. The van der Waals surface area contributed by atoms with Crippen LogP contribution >= 0.6 is 7.82 Å². The van der Waals surface area contributed by atoms with Gasteiger partial charge in [-0.1, -0.05) is 322 Å². The molecule has 0 aromatic carbocycles. The van der Waals surface area contributed by atoms with Crippen LogP contribution in [0.15, 0.2) is 0 Å². The maximum absolute atomic E-state index is 12.7. The zero-order chi connectivity index (χ0) is 51.7. The van der Waals surface area contributed by atoms with E-state index >= 15 is 0 Å². The average Bonchev–Trinajstić information content (AvgIpc) is 3.36. The highest BCUT2D eigenvalue weighted by Gasteiger charge is 2.26. The minimum atomic E-state index is -4.38. The Morgan fingerprint density at radius 2 is 0.606 bits per heavy atom. The lowest BCUT2D eigenvalue weighted by Crippen LogP contribution is -2.29. The van der Waals surface area contributed by atoms with E-state index in [1.165, 1.54) is 283 Å². The van der Waals surface area contributed by atoms with Gasteiger partial charge in [0.2, 0.25) is 0 Å². The molecule has 0 radical (unpaired) electrons. The second-order valence-electron chi connectivity index (χ2n) is 21.7. The fourth-order valence-corrected chi connectivity index (χ4v) is 10.6. The topological polar surface area (TPSA) is 134 Å². The predicted octanol–water partition coefficient (Wildman–Crippen LogP) is 19.9. The largest absolute Gasteiger partial charge is 0.472 e. The molecule has 0 aliphatic heterocycles. The van der Waals surface area contributed by atoms with Gasteiger partial charge >= 0.3 is 19.8 Å². The number of carbonyl (C=O) groups excluding carboxylic acids is 2. The summed E-state index contributed by atoms with van der Waals surface area (Å²) in [6, 6.07) is 0. The highest BCUT2D eigenvalue weighted by atomic mass is 31.2. The molecule has 0 amide bonds. The Kier molecular flexibility index (Phi) is 57.5. The molecule has 0 aromatic rings. The average molecular weight is 1030 g/mol. The van der Waals surface area contributed by atoms with Crippen LogP contribution in [0.5, 0.6) is 0 Å². The Hall–Kier alpha value is -0.990. The van der Waals surface area contributed by atoms with Crippen molar-refractivity contribution in [3.8, 4) is 0 Å². The fraction of sp³-hybridized carbons (Fsp3) is 0.967. The highest BCUT2D eigenvalue weighted by Crippen LogP contribution is 2.43. The molecule has 0 heterocycles. The molecule has 0 saturated heterocycles. The number of unbranched alkanes of at least 4 members (excludes halogenated alkanes) is 48. The molecule has 2 unspecified atom stereocenters. The van der Waals surface area contributed by atoms with E-state index in [4.69, 9.17) is 24.3 Å². The normalized spacial score (nSPS) is 12.9. The summed E-state index contributed by atoms with van der Waals surface area (Å²) in [5, 5.41) is 0. The number of hydrogen-bond donors (Lipinski definition) is 2. The lowest BCUT2D eigenvalue weighted by Gasteiger charge is -2.19. The summed E-state index contributed by atoms with van der Waals surface area (Å²) in [4.78, 5) is 35.1. The van der Waals surface area contributed by atoms with Crippen LogP contribution in [0.25, 0.3) is 0 Å². The first kappa shape index (κ1) is 70.0. The van der Waals surface area contributed by atoms with Crippen LogP contribution in [0.2, 0.25) is 0 Å². The third kappa shape index (κ3) is 58.1. The Balaban J connectivity index is 3.68. The fourth-order valence-electron chi connectivity index (χ4n) is 9.82. The molecule has 10 heteroatoms. The van der Waals surface area contributed by atoms with Crippen molar-refractivity contribution >= 4 is 19.8 Å². The summed E-state index contributed by atoms with van der Waals surface area (Å²) in [6.45, 7) is 3.80. The van der Waals surface area contributed by atoms with Gasteiger partial charge in [0.25, 0.3) is 0 Å². The van der Waals surface area contributed by atoms with Crippen molar-refractivity contribution in [2.75, 3.05) is 26.4 Å². The van der Waals surface area contributed by atoms with Gasteiger partial charge in [0.05, 0.1) is 13.2 Å². The number of phosphoric acid groups is 1. The van der Waals surface area contributed by atoms with Gasteiger partial charge in [-0.3, -0.25) is 18.6 Å². The third-order valence-corrected chi connectivity index (χ3v) is 15.5. The first-order valence-corrected chi connectivity index (χ1v) is 33.0. The monoisotopic (exact) mass is 1030 g/mol.